The van der Waals surface area contributed by atoms with Gasteiger partial charge in [-0.25, -0.2) is 0 Å². The predicted molar refractivity (Wildman–Crippen MR) is 146 cm³/mol. The van der Waals surface area contributed by atoms with E-state index in [9.17, 15) is 13.2 Å². The van der Waals surface area contributed by atoms with Crippen molar-refractivity contribution in [3.8, 4) is 0 Å². The largest absolute Gasteiger partial charge is 0.356 e. The highest BCUT2D eigenvalue weighted by molar-refractivity contribution is 7.85. The minimum Gasteiger partial charge on any atom is -0.356 e. The van der Waals surface area contributed by atoms with Gasteiger partial charge in [0.05, 0.1) is 5.75 Å². The van der Waals surface area contributed by atoms with Crippen molar-refractivity contribution in [1.29, 1.82) is 0 Å². The van der Waals surface area contributed by atoms with Crippen molar-refractivity contribution in [2.24, 2.45) is 46.3 Å². The first-order valence-corrected chi connectivity index (χ1v) is 16.9. The van der Waals surface area contributed by atoms with Crippen molar-refractivity contribution < 1.29 is 17.8 Å². The zero-order valence-corrected chi connectivity index (χ0v) is 24.1. The number of carbonyl (C=O) groups is 1. The molecule has 0 spiro atoms. The second kappa shape index (κ2) is 11.6. The first kappa shape index (κ1) is 28.4. The zero-order chi connectivity index (χ0) is 26.0. The van der Waals surface area contributed by atoms with Crippen molar-refractivity contribution in [3.05, 3.63) is 0 Å². The van der Waals surface area contributed by atoms with Crippen LogP contribution in [0.5, 0.6) is 0 Å². The highest BCUT2D eigenvalue weighted by Gasteiger charge is 2.60. The molecule has 6 heteroatoms. The number of hydrogen-bond donors (Lipinski definition) is 2. The molecule has 5 nitrogen and oxygen atoms in total. The molecular formula is C30H53NO4S. The van der Waals surface area contributed by atoms with E-state index in [0.29, 0.717) is 36.1 Å². The summed E-state index contributed by atoms with van der Waals surface area (Å²) in [4.78, 5) is 12.5. The van der Waals surface area contributed by atoms with Gasteiger partial charge in [-0.3, -0.25) is 9.35 Å². The summed E-state index contributed by atoms with van der Waals surface area (Å²) in [6.45, 7) is 8.36. The quantitative estimate of drug-likeness (QED) is 0.225. The van der Waals surface area contributed by atoms with E-state index in [-0.39, 0.29) is 11.7 Å². The molecule has 4 aliphatic rings. The number of fused-ring (bicyclic) bond motifs is 5. The van der Waals surface area contributed by atoms with Crippen LogP contribution in [0.1, 0.15) is 124 Å². The number of rotatable bonds is 11. The molecule has 0 bridgehead atoms. The van der Waals surface area contributed by atoms with Crippen LogP contribution in [0, 0.1) is 46.3 Å². The van der Waals surface area contributed by atoms with Crippen molar-refractivity contribution in [2.75, 3.05) is 12.3 Å². The lowest BCUT2D eigenvalue weighted by Crippen LogP contribution is -2.53. The topological polar surface area (TPSA) is 83.5 Å². The van der Waals surface area contributed by atoms with Gasteiger partial charge in [-0.15, -0.1) is 0 Å². The summed E-state index contributed by atoms with van der Waals surface area (Å²) in [5, 5.41) is 3.06. The van der Waals surface area contributed by atoms with Crippen LogP contribution in [0.4, 0.5) is 0 Å². The van der Waals surface area contributed by atoms with Gasteiger partial charge >= 0.3 is 0 Å². The molecule has 4 aliphatic carbocycles. The lowest BCUT2D eigenvalue weighted by atomic mass is 9.44. The van der Waals surface area contributed by atoms with E-state index in [1.807, 2.05) is 0 Å². The van der Waals surface area contributed by atoms with E-state index >= 15 is 0 Å². The van der Waals surface area contributed by atoms with E-state index < -0.39 is 10.1 Å². The molecule has 0 aliphatic heterocycles. The molecular weight excluding hydrogens is 470 g/mol. The molecule has 0 radical (unpaired) electrons. The number of unbranched alkanes of at least 4 members (excludes halogenated alkanes) is 3. The third kappa shape index (κ3) is 6.16. The Kier molecular flexibility index (Phi) is 9.18. The van der Waals surface area contributed by atoms with Crippen molar-refractivity contribution in [2.45, 2.75) is 124 Å². The van der Waals surface area contributed by atoms with Gasteiger partial charge < -0.3 is 5.32 Å². The molecule has 0 aromatic rings. The number of hydrogen-bond acceptors (Lipinski definition) is 3. The summed E-state index contributed by atoms with van der Waals surface area (Å²) in [5.74, 6) is 5.15. The molecule has 4 saturated carbocycles. The molecule has 8 atom stereocenters. The van der Waals surface area contributed by atoms with Gasteiger partial charge in [-0.05, 0) is 117 Å². The van der Waals surface area contributed by atoms with E-state index in [4.69, 9.17) is 4.55 Å². The van der Waals surface area contributed by atoms with Gasteiger partial charge in [-0.2, -0.15) is 8.42 Å². The molecule has 4 fully saturated rings. The normalized spacial score (nSPS) is 39.1. The second-order valence-electron chi connectivity index (χ2n) is 13.7. The summed E-state index contributed by atoms with van der Waals surface area (Å²) >= 11 is 0. The maximum atomic E-state index is 12.5. The average molecular weight is 524 g/mol. The lowest BCUT2D eigenvalue weighted by molar-refractivity contribution is -0.122. The molecule has 0 heterocycles. The van der Waals surface area contributed by atoms with Gasteiger partial charge in [0.1, 0.15) is 0 Å². The Morgan fingerprint density at radius 1 is 0.917 bits per heavy atom. The third-order valence-electron chi connectivity index (χ3n) is 11.8. The van der Waals surface area contributed by atoms with Crippen LogP contribution in [0.15, 0.2) is 0 Å². The highest BCUT2D eigenvalue weighted by Crippen LogP contribution is 2.68. The Hall–Kier alpha value is -0.620. The lowest BCUT2D eigenvalue weighted by Gasteiger charge is -2.61. The smallest absolute Gasteiger partial charge is 0.264 e. The van der Waals surface area contributed by atoms with Gasteiger partial charge in [0.2, 0.25) is 5.91 Å². The molecule has 36 heavy (non-hydrogen) atoms. The molecule has 2 N–H and O–H groups in total. The van der Waals surface area contributed by atoms with Gasteiger partial charge in [0.25, 0.3) is 10.1 Å². The van der Waals surface area contributed by atoms with Crippen LogP contribution in [0.25, 0.3) is 0 Å². The fourth-order valence-electron chi connectivity index (χ4n) is 9.91. The Labute approximate surface area is 221 Å². The molecule has 0 saturated heterocycles. The first-order chi connectivity index (χ1) is 17.0. The monoisotopic (exact) mass is 523 g/mol. The average Bonchev–Trinajstić information content (AvgIpc) is 3.18. The Bertz CT molecular complexity index is 859. The predicted octanol–water partition coefficient (Wildman–Crippen LogP) is 7.02. The van der Waals surface area contributed by atoms with Crippen molar-refractivity contribution >= 4 is 16.0 Å². The van der Waals surface area contributed by atoms with Crippen LogP contribution >= 0.6 is 0 Å². The molecule has 0 aromatic carbocycles. The maximum absolute atomic E-state index is 12.5. The summed E-state index contributed by atoms with van der Waals surface area (Å²) in [5.41, 5.74) is 1.08. The fourth-order valence-corrected chi connectivity index (χ4v) is 10.5. The SMILES string of the molecule is C[C@H](CCC(=O)NCCCCCCS(=O)(=O)O)[C@H]1CCC2C3CCC4CCCC[C@]4(C)C3CC[C@@]21C. The van der Waals surface area contributed by atoms with E-state index in [0.717, 1.165) is 55.3 Å². The molecule has 4 rings (SSSR count). The standard InChI is InChI=1S/C30H53NO4S/c1-22(11-16-28(32)31-20-8-4-5-9-21-36(33,34)35)25-14-15-26-24-13-12-23-10-6-7-18-29(23,2)27(24)17-19-30(25,26)3/h22-27H,4-21H2,1-3H3,(H,31,32)(H,33,34,35)/t22-,23?,24?,25-,26?,27?,29+,30-/m1/s1. The van der Waals surface area contributed by atoms with Gasteiger partial charge in [0, 0.05) is 13.0 Å². The third-order valence-corrected chi connectivity index (χ3v) is 12.6. The summed E-state index contributed by atoms with van der Waals surface area (Å²) in [7, 11) is -3.85. The van der Waals surface area contributed by atoms with E-state index in [2.05, 4.69) is 26.1 Å². The van der Waals surface area contributed by atoms with Crippen molar-refractivity contribution in [3.63, 3.8) is 0 Å². The Morgan fingerprint density at radius 3 is 2.44 bits per heavy atom. The number of nitrogens with one attached hydrogen (secondary N) is 1. The van der Waals surface area contributed by atoms with Crippen LogP contribution in [-0.2, 0) is 14.9 Å². The highest BCUT2D eigenvalue weighted by atomic mass is 32.2. The second-order valence-corrected chi connectivity index (χ2v) is 15.3. The minimum absolute atomic E-state index is 0.159. The molecule has 208 valence electrons. The zero-order valence-electron chi connectivity index (χ0n) is 23.3. The Balaban J connectivity index is 1.21. The van der Waals surface area contributed by atoms with E-state index in [1.54, 1.807) is 0 Å². The molecule has 1 amide bonds. The number of amides is 1. The van der Waals surface area contributed by atoms with Crippen LogP contribution < -0.4 is 5.32 Å². The van der Waals surface area contributed by atoms with Crippen LogP contribution in [0.3, 0.4) is 0 Å². The number of carbonyl (C=O) groups excluding carboxylic acids is 1. The van der Waals surface area contributed by atoms with Gasteiger partial charge in [0.15, 0.2) is 0 Å². The van der Waals surface area contributed by atoms with Gasteiger partial charge in [-0.1, -0.05) is 46.5 Å². The van der Waals surface area contributed by atoms with Crippen molar-refractivity contribution in [1.82, 2.24) is 5.32 Å². The molecule has 4 unspecified atom stereocenters. The van der Waals surface area contributed by atoms with Crippen LogP contribution in [0.2, 0.25) is 0 Å². The summed E-state index contributed by atoms with van der Waals surface area (Å²) in [6, 6.07) is 0. The summed E-state index contributed by atoms with van der Waals surface area (Å²) < 4.78 is 30.3. The summed E-state index contributed by atoms with van der Waals surface area (Å²) in [6.07, 6.45) is 19.0. The fraction of sp³-hybridized carbons (Fsp3) is 0.967. The van der Waals surface area contributed by atoms with E-state index in [1.165, 1.54) is 64.2 Å². The first-order valence-electron chi connectivity index (χ1n) is 15.3. The Morgan fingerprint density at radius 2 is 1.67 bits per heavy atom. The maximum Gasteiger partial charge on any atom is 0.264 e. The molecule has 0 aromatic heterocycles. The van der Waals surface area contributed by atoms with Crippen LogP contribution in [-0.4, -0.2) is 31.2 Å². The minimum atomic E-state index is -3.85.